The summed E-state index contributed by atoms with van der Waals surface area (Å²) in [6.07, 6.45) is 1.04. The lowest BCUT2D eigenvalue weighted by Crippen LogP contribution is -2.45. The summed E-state index contributed by atoms with van der Waals surface area (Å²) in [5.41, 5.74) is 0.818. The summed E-state index contributed by atoms with van der Waals surface area (Å²) in [4.78, 5) is 12.6. The maximum atomic E-state index is 12.6. The van der Waals surface area contributed by atoms with E-state index < -0.39 is 22.0 Å². The van der Waals surface area contributed by atoms with Crippen LogP contribution in [0.15, 0.2) is 46.9 Å². The Bertz CT molecular complexity index is 921. The minimum absolute atomic E-state index is 0.247. The Morgan fingerprint density at radius 1 is 1.27 bits per heavy atom. The van der Waals surface area contributed by atoms with Gasteiger partial charge in [0.05, 0.1) is 29.8 Å². The van der Waals surface area contributed by atoms with E-state index in [-0.39, 0.29) is 10.7 Å². The van der Waals surface area contributed by atoms with Gasteiger partial charge in [0, 0.05) is 4.47 Å². The van der Waals surface area contributed by atoms with Crippen molar-refractivity contribution in [2.45, 2.75) is 13.0 Å². The second kappa shape index (κ2) is 8.28. The molecule has 26 heavy (non-hydrogen) atoms. The summed E-state index contributed by atoms with van der Waals surface area (Å²) < 4.78 is 31.4. The predicted octanol–water partition coefficient (Wildman–Crippen LogP) is 3.90. The molecule has 9 heteroatoms. The van der Waals surface area contributed by atoms with Crippen molar-refractivity contribution >= 4 is 54.8 Å². The molecule has 0 aliphatic heterocycles. The summed E-state index contributed by atoms with van der Waals surface area (Å²) in [7, 11) is -2.28. The third-order valence-electron chi connectivity index (χ3n) is 3.61. The minimum Gasteiger partial charge on any atom is -0.495 e. The Kier molecular flexibility index (Phi) is 6.54. The predicted molar refractivity (Wildman–Crippen MR) is 108 cm³/mol. The fourth-order valence-electron chi connectivity index (χ4n) is 2.40. The van der Waals surface area contributed by atoms with Gasteiger partial charge in [-0.3, -0.25) is 9.10 Å². The number of ether oxygens (including phenoxy) is 1. The number of sulfonamides is 1. The first-order valence-electron chi connectivity index (χ1n) is 7.53. The maximum Gasteiger partial charge on any atom is 0.248 e. The fraction of sp³-hybridized carbons (Fsp3) is 0.235. The number of methoxy groups -OCH3 is 1. The van der Waals surface area contributed by atoms with Crippen LogP contribution in [-0.2, 0) is 14.8 Å². The molecule has 0 radical (unpaired) electrons. The Hall–Kier alpha value is -1.77. The molecule has 0 saturated heterocycles. The van der Waals surface area contributed by atoms with Gasteiger partial charge in [0.2, 0.25) is 15.9 Å². The van der Waals surface area contributed by atoms with Gasteiger partial charge in [-0.25, -0.2) is 8.42 Å². The maximum absolute atomic E-state index is 12.6. The van der Waals surface area contributed by atoms with Gasteiger partial charge in [-0.2, -0.15) is 0 Å². The van der Waals surface area contributed by atoms with Crippen LogP contribution in [0.2, 0.25) is 5.02 Å². The molecule has 1 amide bonds. The molecule has 0 spiro atoms. The Morgan fingerprint density at radius 3 is 2.46 bits per heavy atom. The van der Waals surface area contributed by atoms with Gasteiger partial charge in [0.25, 0.3) is 0 Å². The second-order valence-electron chi connectivity index (χ2n) is 5.52. The first-order chi connectivity index (χ1) is 12.1. The van der Waals surface area contributed by atoms with E-state index >= 15 is 0 Å². The van der Waals surface area contributed by atoms with E-state index in [0.29, 0.717) is 15.9 Å². The number of para-hydroxylation sites is 1. The Balaban J connectivity index is 2.36. The molecular weight excluding hydrogens is 444 g/mol. The third kappa shape index (κ3) is 4.69. The summed E-state index contributed by atoms with van der Waals surface area (Å²) in [6.45, 7) is 1.51. The Labute approximate surface area is 166 Å². The lowest BCUT2D eigenvalue weighted by Gasteiger charge is -2.28. The number of carbonyl (C=O) groups is 1. The number of anilines is 2. The van der Waals surface area contributed by atoms with E-state index in [9.17, 15) is 13.2 Å². The molecule has 0 bridgehead atoms. The molecule has 0 aromatic heterocycles. The lowest BCUT2D eigenvalue weighted by atomic mass is 10.2. The molecule has 0 unspecified atom stereocenters. The van der Waals surface area contributed by atoms with Crippen LogP contribution in [0.3, 0.4) is 0 Å². The zero-order valence-corrected chi connectivity index (χ0v) is 17.5. The molecule has 2 rings (SSSR count). The molecule has 0 heterocycles. The van der Waals surface area contributed by atoms with E-state index in [0.717, 1.165) is 10.6 Å². The summed E-state index contributed by atoms with van der Waals surface area (Å²) in [5.74, 6) is -0.0662. The van der Waals surface area contributed by atoms with Gasteiger partial charge in [0.15, 0.2) is 0 Å². The van der Waals surface area contributed by atoms with Gasteiger partial charge in [0.1, 0.15) is 11.8 Å². The zero-order valence-electron chi connectivity index (χ0n) is 14.4. The van der Waals surface area contributed by atoms with Crippen molar-refractivity contribution in [2.24, 2.45) is 0 Å². The van der Waals surface area contributed by atoms with Crippen LogP contribution in [0.4, 0.5) is 11.4 Å². The van der Waals surface area contributed by atoms with Crippen LogP contribution in [0.5, 0.6) is 5.75 Å². The summed E-state index contributed by atoms with van der Waals surface area (Å²) in [5, 5.41) is 2.97. The van der Waals surface area contributed by atoms with E-state index in [1.54, 1.807) is 24.3 Å². The molecule has 1 atom stereocenters. The topological polar surface area (TPSA) is 75.7 Å². The molecule has 1 N–H and O–H groups in total. The second-order valence-corrected chi connectivity index (χ2v) is 8.64. The SMILES string of the molecule is COc1ccc(N([C@@H](C)C(=O)Nc2ccccc2Br)S(C)(=O)=O)cc1Cl. The molecule has 0 fully saturated rings. The van der Waals surface area contributed by atoms with Crippen LogP contribution >= 0.6 is 27.5 Å². The van der Waals surface area contributed by atoms with Crippen molar-refractivity contribution in [1.82, 2.24) is 0 Å². The van der Waals surface area contributed by atoms with Gasteiger partial charge in [-0.1, -0.05) is 23.7 Å². The highest BCUT2D eigenvalue weighted by atomic mass is 79.9. The molecule has 140 valence electrons. The average molecular weight is 462 g/mol. The Morgan fingerprint density at radius 2 is 1.92 bits per heavy atom. The number of amides is 1. The smallest absolute Gasteiger partial charge is 0.248 e. The van der Waals surface area contributed by atoms with Crippen LogP contribution in [0, 0.1) is 0 Å². The quantitative estimate of drug-likeness (QED) is 0.708. The van der Waals surface area contributed by atoms with Crippen molar-refractivity contribution in [3.05, 3.63) is 52.0 Å². The highest BCUT2D eigenvalue weighted by Gasteiger charge is 2.30. The van der Waals surface area contributed by atoms with Gasteiger partial charge >= 0.3 is 0 Å². The first kappa shape index (κ1) is 20.5. The van der Waals surface area contributed by atoms with E-state index in [1.165, 1.54) is 26.2 Å². The minimum atomic E-state index is -3.74. The largest absolute Gasteiger partial charge is 0.495 e. The fourth-order valence-corrected chi connectivity index (χ4v) is 4.20. The van der Waals surface area contributed by atoms with Gasteiger partial charge in [-0.15, -0.1) is 0 Å². The number of hydrogen-bond donors (Lipinski definition) is 1. The number of carbonyl (C=O) groups excluding carboxylic acids is 1. The zero-order chi connectivity index (χ0) is 19.5. The highest BCUT2D eigenvalue weighted by Crippen LogP contribution is 2.31. The normalized spacial score (nSPS) is 12.3. The van der Waals surface area contributed by atoms with Crippen molar-refractivity contribution in [3.63, 3.8) is 0 Å². The molecule has 2 aromatic carbocycles. The number of hydrogen-bond acceptors (Lipinski definition) is 4. The molecular formula is C17H18BrClN2O4S. The standard InChI is InChI=1S/C17H18BrClN2O4S/c1-11(17(22)20-15-7-5-4-6-13(15)18)21(26(3,23)24)12-8-9-16(25-2)14(19)10-12/h4-11H,1-3H3,(H,20,22)/t11-/m0/s1. The third-order valence-corrected chi connectivity index (χ3v) is 5.84. The number of halogens is 2. The van der Waals surface area contributed by atoms with E-state index in [1.807, 2.05) is 6.07 Å². The van der Waals surface area contributed by atoms with Crippen LogP contribution in [0.1, 0.15) is 6.92 Å². The summed E-state index contributed by atoms with van der Waals surface area (Å²) in [6, 6.07) is 10.6. The van der Waals surface area contributed by atoms with Crippen molar-refractivity contribution in [2.75, 3.05) is 23.0 Å². The van der Waals surface area contributed by atoms with E-state index in [2.05, 4.69) is 21.2 Å². The number of nitrogens with one attached hydrogen (secondary N) is 1. The van der Waals surface area contributed by atoms with Gasteiger partial charge in [-0.05, 0) is 53.2 Å². The first-order valence-corrected chi connectivity index (χ1v) is 10.6. The van der Waals surface area contributed by atoms with Crippen LogP contribution in [0.25, 0.3) is 0 Å². The number of benzene rings is 2. The van der Waals surface area contributed by atoms with Crippen molar-refractivity contribution in [1.29, 1.82) is 0 Å². The van der Waals surface area contributed by atoms with Crippen molar-refractivity contribution < 1.29 is 17.9 Å². The van der Waals surface area contributed by atoms with Crippen molar-refractivity contribution in [3.8, 4) is 5.75 Å². The van der Waals surface area contributed by atoms with Crippen LogP contribution in [-0.4, -0.2) is 33.7 Å². The van der Waals surface area contributed by atoms with Gasteiger partial charge < -0.3 is 10.1 Å². The summed E-state index contributed by atoms with van der Waals surface area (Å²) >= 11 is 9.45. The molecule has 0 aliphatic carbocycles. The molecule has 6 nitrogen and oxygen atoms in total. The lowest BCUT2D eigenvalue weighted by molar-refractivity contribution is -0.116. The monoisotopic (exact) mass is 460 g/mol. The molecule has 0 saturated carbocycles. The number of rotatable bonds is 6. The average Bonchev–Trinajstić information content (AvgIpc) is 2.56. The number of nitrogens with zero attached hydrogens (tertiary/aromatic N) is 1. The van der Waals surface area contributed by atoms with Crippen LogP contribution < -0.4 is 14.4 Å². The molecule has 2 aromatic rings. The van der Waals surface area contributed by atoms with E-state index in [4.69, 9.17) is 16.3 Å². The molecule has 0 aliphatic rings. The highest BCUT2D eigenvalue weighted by molar-refractivity contribution is 9.10.